The van der Waals surface area contributed by atoms with Crippen molar-refractivity contribution in [1.82, 2.24) is 10.2 Å². The molecule has 4 heteroatoms. The first-order valence-electron chi connectivity index (χ1n) is 7.41. The first-order valence-corrected chi connectivity index (χ1v) is 7.41. The van der Waals surface area contributed by atoms with E-state index in [1.54, 1.807) is 13.2 Å². The van der Waals surface area contributed by atoms with Crippen LogP contribution in [0, 0.1) is 0 Å². The van der Waals surface area contributed by atoms with Crippen LogP contribution in [0.1, 0.15) is 36.5 Å². The predicted octanol–water partition coefficient (Wildman–Crippen LogP) is 2.30. The number of hydrogen-bond acceptors (Lipinski definition) is 3. The fraction of sp³-hybridized carbons (Fsp3) is 0.562. The zero-order chi connectivity index (χ0) is 14.4. The van der Waals surface area contributed by atoms with Crippen LogP contribution >= 0.6 is 0 Å². The molecule has 0 bridgehead atoms. The van der Waals surface area contributed by atoms with E-state index in [0.717, 1.165) is 19.5 Å². The number of likely N-dealkylation sites (tertiary alicyclic amines) is 1. The smallest absolute Gasteiger partial charge is 0.255 e. The Kier molecular flexibility index (Phi) is 5.41. The number of rotatable bonds is 6. The highest BCUT2D eigenvalue weighted by atomic mass is 16.5. The highest BCUT2D eigenvalue weighted by Crippen LogP contribution is 2.17. The van der Waals surface area contributed by atoms with E-state index in [4.69, 9.17) is 4.74 Å². The molecule has 1 fully saturated rings. The largest absolute Gasteiger partial charge is 0.496 e. The summed E-state index contributed by atoms with van der Waals surface area (Å²) in [5.74, 6) is 0.569. The van der Waals surface area contributed by atoms with Crippen molar-refractivity contribution in [1.29, 1.82) is 0 Å². The van der Waals surface area contributed by atoms with Gasteiger partial charge in [-0.2, -0.15) is 0 Å². The minimum atomic E-state index is -0.0555. The molecule has 1 heterocycles. The maximum Gasteiger partial charge on any atom is 0.255 e. The standard InChI is InChI=1S/C16H24N2O2/c1-3-13(18-10-6-7-11-18)12-17-16(19)14-8-4-5-9-15(14)20-2/h4-5,8-9,13H,3,6-7,10-12H2,1-2H3,(H,17,19)/t13-/m0/s1. The molecule has 110 valence electrons. The normalized spacial score (nSPS) is 16.9. The Morgan fingerprint density at radius 2 is 2.05 bits per heavy atom. The van der Waals surface area contributed by atoms with Gasteiger partial charge in [0.2, 0.25) is 0 Å². The van der Waals surface area contributed by atoms with Crippen LogP contribution in [-0.4, -0.2) is 43.6 Å². The molecule has 0 radical (unpaired) electrons. The Morgan fingerprint density at radius 3 is 2.70 bits per heavy atom. The average Bonchev–Trinajstić information content (AvgIpc) is 3.02. The molecular weight excluding hydrogens is 252 g/mol. The first-order chi connectivity index (χ1) is 9.76. The molecule has 1 N–H and O–H groups in total. The lowest BCUT2D eigenvalue weighted by Gasteiger charge is -2.26. The Labute approximate surface area is 121 Å². The van der Waals surface area contributed by atoms with Crippen LogP contribution in [0.4, 0.5) is 0 Å². The summed E-state index contributed by atoms with van der Waals surface area (Å²) in [6.07, 6.45) is 3.61. The highest BCUT2D eigenvalue weighted by molar-refractivity contribution is 5.96. The Balaban J connectivity index is 1.93. The van der Waals surface area contributed by atoms with E-state index in [0.29, 0.717) is 23.9 Å². The van der Waals surface area contributed by atoms with Gasteiger partial charge in [-0.25, -0.2) is 0 Å². The summed E-state index contributed by atoms with van der Waals surface area (Å²) in [5.41, 5.74) is 0.603. The van der Waals surface area contributed by atoms with E-state index in [9.17, 15) is 4.79 Å². The zero-order valence-electron chi connectivity index (χ0n) is 12.4. The summed E-state index contributed by atoms with van der Waals surface area (Å²) in [5, 5.41) is 3.04. The molecule has 20 heavy (non-hydrogen) atoms. The fourth-order valence-electron chi connectivity index (χ4n) is 2.78. The van der Waals surface area contributed by atoms with Gasteiger partial charge in [0.05, 0.1) is 12.7 Å². The summed E-state index contributed by atoms with van der Waals surface area (Å²) in [7, 11) is 1.59. The van der Waals surface area contributed by atoms with Crippen molar-refractivity contribution in [2.45, 2.75) is 32.2 Å². The maximum atomic E-state index is 12.3. The Morgan fingerprint density at radius 1 is 1.35 bits per heavy atom. The number of amides is 1. The number of methoxy groups -OCH3 is 1. The average molecular weight is 276 g/mol. The van der Waals surface area contributed by atoms with Crippen LogP contribution < -0.4 is 10.1 Å². The second kappa shape index (κ2) is 7.29. The van der Waals surface area contributed by atoms with Gasteiger partial charge in [-0.3, -0.25) is 9.69 Å². The first kappa shape index (κ1) is 14.9. The quantitative estimate of drug-likeness (QED) is 0.867. The van der Waals surface area contributed by atoms with Crippen LogP contribution in [0.2, 0.25) is 0 Å². The maximum absolute atomic E-state index is 12.3. The Hall–Kier alpha value is -1.55. The molecule has 0 unspecified atom stereocenters. The van der Waals surface area contributed by atoms with Gasteiger partial charge in [-0.15, -0.1) is 0 Å². The lowest BCUT2D eigenvalue weighted by Crippen LogP contribution is -2.42. The third-order valence-electron chi connectivity index (χ3n) is 3.98. The molecule has 1 aliphatic rings. The molecule has 0 aliphatic carbocycles. The number of ether oxygens (including phenoxy) is 1. The van der Waals surface area contributed by atoms with Gasteiger partial charge in [0, 0.05) is 12.6 Å². The lowest BCUT2D eigenvalue weighted by atomic mass is 10.1. The minimum Gasteiger partial charge on any atom is -0.496 e. The van der Waals surface area contributed by atoms with E-state index in [1.165, 1.54) is 12.8 Å². The van der Waals surface area contributed by atoms with Gasteiger partial charge < -0.3 is 10.1 Å². The summed E-state index contributed by atoms with van der Waals surface area (Å²) in [6.45, 7) is 5.19. The molecule has 1 amide bonds. The number of carbonyl (C=O) groups is 1. The van der Waals surface area contributed by atoms with Gasteiger partial charge in [0.1, 0.15) is 5.75 Å². The summed E-state index contributed by atoms with van der Waals surface area (Å²) < 4.78 is 5.23. The number of carbonyl (C=O) groups excluding carboxylic acids is 1. The molecule has 1 aliphatic heterocycles. The lowest BCUT2D eigenvalue weighted by molar-refractivity contribution is 0.0934. The number of nitrogens with one attached hydrogen (secondary N) is 1. The highest BCUT2D eigenvalue weighted by Gasteiger charge is 2.21. The third-order valence-corrected chi connectivity index (χ3v) is 3.98. The van der Waals surface area contributed by atoms with Crippen LogP contribution in [0.3, 0.4) is 0 Å². The summed E-state index contributed by atoms with van der Waals surface area (Å²) in [6, 6.07) is 7.78. The van der Waals surface area contributed by atoms with E-state index < -0.39 is 0 Å². The number of benzene rings is 1. The molecule has 1 aromatic rings. The zero-order valence-corrected chi connectivity index (χ0v) is 12.4. The molecule has 1 aromatic carbocycles. The van der Waals surface area contributed by atoms with Gasteiger partial charge in [0.15, 0.2) is 0 Å². The molecule has 1 atom stereocenters. The molecule has 0 aromatic heterocycles. The van der Waals surface area contributed by atoms with E-state index in [2.05, 4.69) is 17.1 Å². The van der Waals surface area contributed by atoms with Crippen molar-refractivity contribution in [2.24, 2.45) is 0 Å². The monoisotopic (exact) mass is 276 g/mol. The van der Waals surface area contributed by atoms with Gasteiger partial charge >= 0.3 is 0 Å². The summed E-state index contributed by atoms with van der Waals surface area (Å²) >= 11 is 0. The van der Waals surface area contributed by atoms with Crippen molar-refractivity contribution in [3.8, 4) is 5.75 Å². The molecule has 0 saturated carbocycles. The van der Waals surface area contributed by atoms with E-state index in [-0.39, 0.29) is 5.91 Å². The number of nitrogens with zero attached hydrogens (tertiary/aromatic N) is 1. The molecule has 4 nitrogen and oxygen atoms in total. The van der Waals surface area contributed by atoms with Crippen molar-refractivity contribution in [3.63, 3.8) is 0 Å². The van der Waals surface area contributed by atoms with Gasteiger partial charge in [-0.1, -0.05) is 19.1 Å². The SMILES string of the molecule is CC[C@@H](CNC(=O)c1ccccc1OC)N1CCCC1. The number of para-hydroxylation sites is 1. The van der Waals surface area contributed by atoms with E-state index >= 15 is 0 Å². The van der Waals surface area contributed by atoms with Gasteiger partial charge in [0.25, 0.3) is 5.91 Å². The van der Waals surface area contributed by atoms with Crippen LogP contribution in [0.15, 0.2) is 24.3 Å². The van der Waals surface area contributed by atoms with Crippen molar-refractivity contribution in [2.75, 3.05) is 26.7 Å². The predicted molar refractivity (Wildman–Crippen MR) is 80.2 cm³/mol. The van der Waals surface area contributed by atoms with E-state index in [1.807, 2.05) is 18.2 Å². The van der Waals surface area contributed by atoms with Crippen LogP contribution in [0.5, 0.6) is 5.75 Å². The minimum absolute atomic E-state index is 0.0555. The second-order valence-electron chi connectivity index (χ2n) is 5.22. The van der Waals surface area contributed by atoms with Crippen molar-refractivity contribution in [3.05, 3.63) is 29.8 Å². The van der Waals surface area contributed by atoms with Crippen molar-refractivity contribution < 1.29 is 9.53 Å². The molecule has 1 saturated heterocycles. The van der Waals surface area contributed by atoms with Crippen LogP contribution in [-0.2, 0) is 0 Å². The molecular formula is C16H24N2O2. The second-order valence-corrected chi connectivity index (χ2v) is 5.22. The molecule has 0 spiro atoms. The Bertz CT molecular complexity index is 442. The van der Waals surface area contributed by atoms with Crippen molar-refractivity contribution >= 4 is 5.91 Å². The van der Waals surface area contributed by atoms with Gasteiger partial charge in [-0.05, 0) is 44.5 Å². The number of hydrogen-bond donors (Lipinski definition) is 1. The summed E-state index contributed by atoms with van der Waals surface area (Å²) in [4.78, 5) is 14.7. The van der Waals surface area contributed by atoms with Crippen LogP contribution in [0.25, 0.3) is 0 Å². The molecule has 2 rings (SSSR count). The fourth-order valence-corrected chi connectivity index (χ4v) is 2.78. The topological polar surface area (TPSA) is 41.6 Å². The third kappa shape index (κ3) is 3.51.